The Hall–Kier alpha value is -1.50. The fourth-order valence-electron chi connectivity index (χ4n) is 1.19. The first-order valence-electron chi connectivity index (χ1n) is 4.22. The maximum absolute atomic E-state index is 5.17. The van der Waals surface area contributed by atoms with Crippen LogP contribution < -0.4 is 0 Å². The summed E-state index contributed by atoms with van der Waals surface area (Å²) in [6, 6.07) is 10.1. The summed E-state index contributed by atoms with van der Waals surface area (Å²) in [5.41, 5.74) is 2.18. The van der Waals surface area contributed by atoms with Crippen molar-refractivity contribution in [1.82, 2.24) is 0 Å². The molecule has 0 amide bonds. The highest BCUT2D eigenvalue weighted by Crippen LogP contribution is 2.19. The van der Waals surface area contributed by atoms with Crippen molar-refractivity contribution in [2.24, 2.45) is 0 Å². The van der Waals surface area contributed by atoms with Gasteiger partial charge in [0.05, 0.1) is 7.11 Å². The summed E-state index contributed by atoms with van der Waals surface area (Å²) in [4.78, 5) is 0. The first-order valence-corrected chi connectivity index (χ1v) is 4.22. The summed E-state index contributed by atoms with van der Waals surface area (Å²) in [5, 5.41) is 0. The van der Waals surface area contributed by atoms with E-state index in [0.29, 0.717) is 0 Å². The van der Waals surface area contributed by atoms with Crippen LogP contribution in [0.2, 0.25) is 0 Å². The van der Waals surface area contributed by atoms with E-state index in [1.807, 2.05) is 43.3 Å². The largest absolute Gasteiger partial charge is 0.501 e. The van der Waals surface area contributed by atoms with Gasteiger partial charge in [0, 0.05) is 5.57 Å². The predicted octanol–water partition coefficient (Wildman–Crippen LogP) is 3.25. The first-order chi connectivity index (χ1) is 6.29. The molecule has 13 heavy (non-hydrogen) atoms. The van der Waals surface area contributed by atoms with Crippen LogP contribution in [0.1, 0.15) is 12.5 Å². The minimum atomic E-state index is 0.890. The molecule has 1 heteroatoms. The van der Waals surface area contributed by atoms with E-state index in [0.717, 1.165) is 16.9 Å². The van der Waals surface area contributed by atoms with E-state index >= 15 is 0 Å². The van der Waals surface area contributed by atoms with Crippen LogP contribution in [-0.4, -0.2) is 7.11 Å². The Labute approximate surface area is 79.4 Å². The molecule has 0 radical (unpaired) electrons. The minimum absolute atomic E-state index is 0.890. The lowest BCUT2D eigenvalue weighted by Crippen LogP contribution is -1.87. The van der Waals surface area contributed by atoms with Crippen LogP contribution in [-0.2, 0) is 4.74 Å². The van der Waals surface area contributed by atoms with Gasteiger partial charge in [-0.25, -0.2) is 0 Å². The van der Waals surface area contributed by atoms with Gasteiger partial charge in [-0.3, -0.25) is 0 Å². The lowest BCUT2D eigenvalue weighted by molar-refractivity contribution is 0.296. The summed E-state index contributed by atoms with van der Waals surface area (Å²) in [7, 11) is 1.67. The number of rotatable bonds is 3. The molecule has 68 valence electrons. The molecule has 0 unspecified atom stereocenters. The molecule has 0 atom stereocenters. The van der Waals surface area contributed by atoms with Crippen molar-refractivity contribution in [3.05, 3.63) is 54.3 Å². The molecule has 0 N–H and O–H groups in total. The van der Waals surface area contributed by atoms with Gasteiger partial charge in [-0.2, -0.15) is 0 Å². The Morgan fingerprint density at radius 2 is 1.92 bits per heavy atom. The van der Waals surface area contributed by atoms with Gasteiger partial charge in [0.2, 0.25) is 0 Å². The van der Waals surface area contributed by atoms with Crippen LogP contribution in [0.15, 0.2) is 48.7 Å². The van der Waals surface area contributed by atoms with Crippen LogP contribution in [0, 0.1) is 0 Å². The number of methoxy groups -OCH3 is 1. The number of hydrogen-bond donors (Lipinski definition) is 0. The second-order valence-corrected chi connectivity index (χ2v) is 2.74. The molecular weight excluding hydrogens is 160 g/mol. The molecule has 1 aromatic rings. The van der Waals surface area contributed by atoms with E-state index < -0.39 is 0 Å². The van der Waals surface area contributed by atoms with Crippen molar-refractivity contribution >= 4 is 5.57 Å². The summed E-state index contributed by atoms with van der Waals surface area (Å²) < 4.78 is 5.17. The zero-order valence-electron chi connectivity index (χ0n) is 8.08. The zero-order chi connectivity index (χ0) is 9.68. The molecule has 1 aromatic carbocycles. The lowest BCUT2D eigenvalue weighted by atomic mass is 10.1. The SMILES string of the molecule is C=C/C(=C(/C)OC)c1ccccc1. The molecule has 0 aliphatic carbocycles. The minimum Gasteiger partial charge on any atom is -0.501 e. The summed E-state index contributed by atoms with van der Waals surface area (Å²) in [6.45, 7) is 5.70. The quantitative estimate of drug-likeness (QED) is 0.505. The Kier molecular flexibility index (Phi) is 3.32. The molecule has 0 bridgehead atoms. The molecule has 0 aromatic heterocycles. The number of ether oxygens (including phenoxy) is 1. The zero-order valence-corrected chi connectivity index (χ0v) is 8.08. The van der Waals surface area contributed by atoms with Crippen molar-refractivity contribution in [1.29, 1.82) is 0 Å². The van der Waals surface area contributed by atoms with Crippen molar-refractivity contribution in [2.45, 2.75) is 6.92 Å². The Balaban J connectivity index is 3.12. The van der Waals surface area contributed by atoms with Gasteiger partial charge < -0.3 is 4.74 Å². The summed E-state index contributed by atoms with van der Waals surface area (Å²) in [5.74, 6) is 0.890. The first kappa shape index (κ1) is 9.59. The lowest BCUT2D eigenvalue weighted by Gasteiger charge is -2.06. The van der Waals surface area contributed by atoms with E-state index in [1.165, 1.54) is 0 Å². The van der Waals surface area contributed by atoms with Gasteiger partial charge in [0.15, 0.2) is 0 Å². The predicted molar refractivity (Wildman–Crippen MR) is 56.2 cm³/mol. The van der Waals surface area contributed by atoms with E-state index in [4.69, 9.17) is 4.74 Å². The van der Waals surface area contributed by atoms with Crippen molar-refractivity contribution in [3.63, 3.8) is 0 Å². The molecule has 0 spiro atoms. The summed E-state index contributed by atoms with van der Waals surface area (Å²) in [6.07, 6.45) is 1.81. The summed E-state index contributed by atoms with van der Waals surface area (Å²) >= 11 is 0. The topological polar surface area (TPSA) is 9.23 Å². The molecule has 0 saturated heterocycles. The molecular formula is C12H14O. The number of allylic oxidation sites excluding steroid dienone is 3. The normalized spacial score (nSPS) is 11.8. The third-order valence-corrected chi connectivity index (χ3v) is 1.97. The van der Waals surface area contributed by atoms with Gasteiger partial charge in [-0.15, -0.1) is 0 Å². The molecule has 1 rings (SSSR count). The van der Waals surface area contributed by atoms with Gasteiger partial charge in [0.1, 0.15) is 5.76 Å². The van der Waals surface area contributed by atoms with Crippen LogP contribution in [0.4, 0.5) is 0 Å². The monoisotopic (exact) mass is 174 g/mol. The average Bonchev–Trinajstić information content (AvgIpc) is 2.20. The molecule has 0 aliphatic heterocycles. The fourth-order valence-corrected chi connectivity index (χ4v) is 1.19. The molecule has 0 heterocycles. The van der Waals surface area contributed by atoms with Gasteiger partial charge in [0.25, 0.3) is 0 Å². The third-order valence-electron chi connectivity index (χ3n) is 1.97. The fraction of sp³-hybridized carbons (Fsp3) is 0.167. The smallest absolute Gasteiger partial charge is 0.100 e. The Morgan fingerprint density at radius 3 is 2.38 bits per heavy atom. The van der Waals surface area contributed by atoms with E-state index in [2.05, 4.69) is 6.58 Å². The highest BCUT2D eigenvalue weighted by atomic mass is 16.5. The maximum atomic E-state index is 5.17. The average molecular weight is 174 g/mol. The molecule has 1 nitrogen and oxygen atoms in total. The molecule has 0 aliphatic rings. The second-order valence-electron chi connectivity index (χ2n) is 2.74. The van der Waals surface area contributed by atoms with Crippen LogP contribution in [0.5, 0.6) is 0 Å². The van der Waals surface area contributed by atoms with Crippen molar-refractivity contribution in [2.75, 3.05) is 7.11 Å². The van der Waals surface area contributed by atoms with Crippen molar-refractivity contribution in [3.8, 4) is 0 Å². The van der Waals surface area contributed by atoms with E-state index in [9.17, 15) is 0 Å². The standard InChI is InChI=1S/C12H14O/c1-4-12(10(2)13-3)11-8-6-5-7-9-11/h4-9H,1H2,2-3H3/b12-10+. The Bertz CT molecular complexity index is 309. The highest BCUT2D eigenvalue weighted by Gasteiger charge is 2.00. The maximum Gasteiger partial charge on any atom is 0.100 e. The van der Waals surface area contributed by atoms with Gasteiger partial charge >= 0.3 is 0 Å². The Morgan fingerprint density at radius 1 is 1.31 bits per heavy atom. The highest BCUT2D eigenvalue weighted by molar-refractivity contribution is 5.74. The van der Waals surface area contributed by atoms with Gasteiger partial charge in [-0.1, -0.05) is 43.0 Å². The van der Waals surface area contributed by atoms with E-state index in [-0.39, 0.29) is 0 Å². The molecule has 0 saturated carbocycles. The molecule has 0 fully saturated rings. The van der Waals surface area contributed by atoms with E-state index in [1.54, 1.807) is 7.11 Å². The number of hydrogen-bond acceptors (Lipinski definition) is 1. The second kappa shape index (κ2) is 4.51. The number of benzene rings is 1. The van der Waals surface area contributed by atoms with Gasteiger partial charge in [-0.05, 0) is 12.5 Å². The van der Waals surface area contributed by atoms with Crippen LogP contribution >= 0.6 is 0 Å². The van der Waals surface area contributed by atoms with Crippen LogP contribution in [0.25, 0.3) is 5.57 Å². The van der Waals surface area contributed by atoms with Crippen LogP contribution in [0.3, 0.4) is 0 Å². The third kappa shape index (κ3) is 2.22. The van der Waals surface area contributed by atoms with Crippen molar-refractivity contribution < 1.29 is 4.74 Å².